The SMILES string of the molecule is CCOC(=O)CNS(=O)(=O)c1cncc(C#CCO)c1. The normalized spacial score (nSPS) is 10.5. The average molecular weight is 298 g/mol. The second-order valence-electron chi connectivity index (χ2n) is 3.50. The van der Waals surface area contributed by atoms with E-state index in [9.17, 15) is 13.2 Å². The van der Waals surface area contributed by atoms with Gasteiger partial charge in [0.1, 0.15) is 18.0 Å². The van der Waals surface area contributed by atoms with Crippen LogP contribution in [0.2, 0.25) is 0 Å². The van der Waals surface area contributed by atoms with E-state index >= 15 is 0 Å². The Bertz CT molecular complexity index is 631. The summed E-state index contributed by atoms with van der Waals surface area (Å²) in [5.41, 5.74) is 0.345. The number of esters is 1. The molecule has 0 radical (unpaired) electrons. The molecule has 7 nitrogen and oxygen atoms in total. The van der Waals surface area contributed by atoms with E-state index in [1.165, 1.54) is 12.3 Å². The highest BCUT2D eigenvalue weighted by atomic mass is 32.2. The number of aromatic nitrogens is 1. The molecule has 0 aliphatic rings. The lowest BCUT2D eigenvalue weighted by molar-refractivity contribution is -0.141. The second kappa shape index (κ2) is 7.59. The van der Waals surface area contributed by atoms with Crippen molar-refractivity contribution in [3.05, 3.63) is 24.0 Å². The van der Waals surface area contributed by atoms with E-state index in [2.05, 4.69) is 26.3 Å². The predicted octanol–water partition coefficient (Wildman–Crippen LogP) is -0.733. The summed E-state index contributed by atoms with van der Waals surface area (Å²) in [7, 11) is -3.86. The van der Waals surface area contributed by atoms with E-state index in [-0.39, 0.29) is 18.1 Å². The average Bonchev–Trinajstić information content (AvgIpc) is 2.44. The Morgan fingerprint density at radius 1 is 1.50 bits per heavy atom. The number of rotatable bonds is 5. The van der Waals surface area contributed by atoms with Gasteiger partial charge < -0.3 is 9.84 Å². The molecule has 20 heavy (non-hydrogen) atoms. The number of ether oxygens (including phenoxy) is 1. The summed E-state index contributed by atoms with van der Waals surface area (Å²) in [5, 5.41) is 8.58. The van der Waals surface area contributed by atoms with Crippen LogP contribution in [-0.2, 0) is 19.6 Å². The Kier molecular flexibility index (Phi) is 6.11. The molecule has 2 N–H and O–H groups in total. The second-order valence-corrected chi connectivity index (χ2v) is 5.27. The first-order valence-corrected chi connectivity index (χ1v) is 7.18. The van der Waals surface area contributed by atoms with Crippen LogP contribution in [0.15, 0.2) is 23.4 Å². The van der Waals surface area contributed by atoms with Crippen LogP contribution in [0, 0.1) is 11.8 Å². The number of carbonyl (C=O) groups is 1. The molecule has 0 saturated carbocycles. The van der Waals surface area contributed by atoms with Crippen molar-refractivity contribution in [1.29, 1.82) is 0 Å². The number of sulfonamides is 1. The maximum Gasteiger partial charge on any atom is 0.321 e. The molecule has 0 aliphatic heterocycles. The Labute approximate surface area is 117 Å². The van der Waals surface area contributed by atoms with Gasteiger partial charge in [0.05, 0.1) is 6.61 Å². The molecule has 108 valence electrons. The van der Waals surface area contributed by atoms with Crippen molar-refractivity contribution in [2.45, 2.75) is 11.8 Å². The fourth-order valence-corrected chi connectivity index (χ4v) is 2.18. The summed E-state index contributed by atoms with van der Waals surface area (Å²) < 4.78 is 30.5. The molecule has 0 bridgehead atoms. The quantitative estimate of drug-likeness (QED) is 0.548. The van der Waals surface area contributed by atoms with Crippen molar-refractivity contribution in [3.8, 4) is 11.8 Å². The maximum atomic E-state index is 11.9. The van der Waals surface area contributed by atoms with Crippen LogP contribution >= 0.6 is 0 Å². The summed E-state index contributed by atoms with van der Waals surface area (Å²) in [6.45, 7) is 1.01. The molecule has 1 heterocycles. The fraction of sp³-hybridized carbons (Fsp3) is 0.333. The number of aliphatic hydroxyl groups excluding tert-OH is 1. The molecule has 0 fully saturated rings. The topological polar surface area (TPSA) is 106 Å². The fourth-order valence-electron chi connectivity index (χ4n) is 1.23. The predicted molar refractivity (Wildman–Crippen MR) is 70.0 cm³/mol. The first kappa shape index (κ1) is 16.1. The highest BCUT2D eigenvalue weighted by Gasteiger charge is 2.16. The van der Waals surface area contributed by atoms with Crippen LogP contribution in [-0.4, -0.2) is 44.2 Å². The Morgan fingerprint density at radius 2 is 2.25 bits per heavy atom. The van der Waals surface area contributed by atoms with Gasteiger partial charge in [-0.1, -0.05) is 11.8 Å². The van der Waals surface area contributed by atoms with Gasteiger partial charge in [-0.15, -0.1) is 0 Å². The summed E-state index contributed by atoms with van der Waals surface area (Å²) in [5.74, 6) is 4.27. The van der Waals surface area contributed by atoms with E-state index in [0.29, 0.717) is 5.56 Å². The number of nitrogens with zero attached hydrogens (tertiary/aromatic N) is 1. The molecule has 0 amide bonds. The van der Waals surface area contributed by atoms with Crippen LogP contribution in [0.4, 0.5) is 0 Å². The van der Waals surface area contributed by atoms with Crippen molar-refractivity contribution >= 4 is 16.0 Å². The maximum absolute atomic E-state index is 11.9. The summed E-state index contributed by atoms with van der Waals surface area (Å²) in [6.07, 6.45) is 2.50. The van der Waals surface area contributed by atoms with Gasteiger partial charge in [-0.05, 0) is 13.0 Å². The van der Waals surface area contributed by atoms with Crippen molar-refractivity contribution < 1.29 is 23.1 Å². The molecule has 0 atom stereocenters. The zero-order chi connectivity index (χ0) is 15.0. The van der Waals surface area contributed by atoms with E-state index in [1.54, 1.807) is 6.92 Å². The van der Waals surface area contributed by atoms with E-state index in [0.717, 1.165) is 6.20 Å². The highest BCUT2D eigenvalue weighted by molar-refractivity contribution is 7.89. The molecule has 0 unspecified atom stereocenters. The van der Waals surface area contributed by atoms with Gasteiger partial charge in [0.15, 0.2) is 0 Å². The van der Waals surface area contributed by atoms with Gasteiger partial charge in [-0.25, -0.2) is 8.42 Å². The van der Waals surface area contributed by atoms with Gasteiger partial charge in [0, 0.05) is 18.0 Å². The minimum absolute atomic E-state index is 0.119. The summed E-state index contributed by atoms with van der Waals surface area (Å²) in [4.78, 5) is 14.7. The Balaban J connectivity index is 2.84. The number of hydrogen-bond donors (Lipinski definition) is 2. The van der Waals surface area contributed by atoms with Gasteiger partial charge in [-0.3, -0.25) is 9.78 Å². The lowest BCUT2D eigenvalue weighted by Crippen LogP contribution is -2.30. The molecule has 0 aromatic carbocycles. The first-order valence-electron chi connectivity index (χ1n) is 5.69. The number of hydrogen-bond acceptors (Lipinski definition) is 6. The highest BCUT2D eigenvalue weighted by Crippen LogP contribution is 2.08. The number of aliphatic hydroxyl groups is 1. The molecular formula is C12H14N2O5S. The number of nitrogens with one attached hydrogen (secondary N) is 1. The molecule has 1 aromatic heterocycles. The van der Waals surface area contributed by atoms with Crippen LogP contribution in [0.25, 0.3) is 0 Å². The molecule has 0 aliphatic carbocycles. The Hall–Kier alpha value is -1.95. The van der Waals surface area contributed by atoms with Crippen LogP contribution in [0.5, 0.6) is 0 Å². The monoisotopic (exact) mass is 298 g/mol. The van der Waals surface area contributed by atoms with Crippen molar-refractivity contribution in [2.75, 3.05) is 19.8 Å². The van der Waals surface area contributed by atoms with Crippen LogP contribution in [0.1, 0.15) is 12.5 Å². The lowest BCUT2D eigenvalue weighted by atomic mass is 10.3. The summed E-state index contributed by atoms with van der Waals surface area (Å²) in [6, 6.07) is 1.29. The third kappa shape index (κ3) is 4.97. The minimum Gasteiger partial charge on any atom is -0.465 e. The van der Waals surface area contributed by atoms with Crippen molar-refractivity contribution in [1.82, 2.24) is 9.71 Å². The largest absolute Gasteiger partial charge is 0.465 e. The molecular weight excluding hydrogens is 284 g/mol. The first-order chi connectivity index (χ1) is 9.49. The third-order valence-electron chi connectivity index (χ3n) is 2.05. The minimum atomic E-state index is -3.86. The van der Waals surface area contributed by atoms with Gasteiger partial charge >= 0.3 is 5.97 Å². The van der Waals surface area contributed by atoms with E-state index in [4.69, 9.17) is 5.11 Å². The smallest absolute Gasteiger partial charge is 0.321 e. The molecule has 0 spiro atoms. The summed E-state index contributed by atoms with van der Waals surface area (Å²) >= 11 is 0. The van der Waals surface area contributed by atoms with Gasteiger partial charge in [0.2, 0.25) is 10.0 Å². The van der Waals surface area contributed by atoms with Gasteiger partial charge in [-0.2, -0.15) is 4.72 Å². The lowest BCUT2D eigenvalue weighted by Gasteiger charge is -2.06. The molecule has 1 aromatic rings. The standard InChI is InChI=1S/C12H14N2O5S/c1-2-19-12(16)9-14-20(17,18)11-6-10(4-3-5-15)7-13-8-11/h6-8,14-15H,2,5,9H2,1H3. The van der Waals surface area contributed by atoms with E-state index < -0.39 is 22.5 Å². The number of pyridine rings is 1. The Morgan fingerprint density at radius 3 is 2.90 bits per heavy atom. The molecule has 8 heteroatoms. The molecule has 1 rings (SSSR count). The zero-order valence-corrected chi connectivity index (χ0v) is 11.6. The van der Waals surface area contributed by atoms with Crippen molar-refractivity contribution in [3.63, 3.8) is 0 Å². The molecule has 0 saturated heterocycles. The zero-order valence-electron chi connectivity index (χ0n) is 10.8. The third-order valence-corrected chi connectivity index (χ3v) is 3.42. The van der Waals surface area contributed by atoms with Crippen LogP contribution in [0.3, 0.4) is 0 Å². The van der Waals surface area contributed by atoms with Crippen LogP contribution < -0.4 is 4.72 Å². The van der Waals surface area contributed by atoms with Crippen molar-refractivity contribution in [2.24, 2.45) is 0 Å². The number of carbonyl (C=O) groups excluding carboxylic acids is 1. The van der Waals surface area contributed by atoms with Gasteiger partial charge in [0.25, 0.3) is 0 Å². The van der Waals surface area contributed by atoms with E-state index in [1.807, 2.05) is 0 Å².